The molecule has 0 aliphatic carbocycles. The van der Waals surface area contributed by atoms with Crippen LogP contribution in [0.3, 0.4) is 0 Å². The molecule has 0 aliphatic rings. The van der Waals surface area contributed by atoms with Crippen LogP contribution in [0.1, 0.15) is 38.4 Å². The second kappa shape index (κ2) is 7.48. The molecule has 106 valence electrons. The van der Waals surface area contributed by atoms with E-state index in [1.165, 1.54) is 0 Å². The largest absolute Gasteiger partial charge is 0.480 e. The Morgan fingerprint density at radius 1 is 1.37 bits per heavy atom. The fourth-order valence-corrected chi connectivity index (χ4v) is 2.05. The van der Waals surface area contributed by atoms with Gasteiger partial charge < -0.3 is 10.2 Å². The van der Waals surface area contributed by atoms with Gasteiger partial charge in [0.15, 0.2) is 0 Å². The SMILES string of the molecule is CCCC(NC(C)C(O)c1ccc(Cl)cc1)C(=O)O. The third-order valence-electron chi connectivity index (χ3n) is 3.02. The van der Waals surface area contributed by atoms with E-state index in [1.54, 1.807) is 31.2 Å². The smallest absolute Gasteiger partial charge is 0.320 e. The highest BCUT2D eigenvalue weighted by molar-refractivity contribution is 6.30. The average molecular weight is 286 g/mol. The molecule has 0 bridgehead atoms. The van der Waals surface area contributed by atoms with Crippen LogP contribution in [0.2, 0.25) is 5.02 Å². The predicted octanol–water partition coefficient (Wildman–Crippen LogP) is 2.60. The van der Waals surface area contributed by atoms with Crippen LogP contribution in [0, 0.1) is 0 Å². The minimum atomic E-state index is -0.892. The molecule has 3 N–H and O–H groups in total. The third kappa shape index (κ3) is 4.82. The first-order valence-electron chi connectivity index (χ1n) is 6.38. The summed E-state index contributed by atoms with van der Waals surface area (Å²) in [5.74, 6) is -0.892. The van der Waals surface area contributed by atoms with Crippen LogP contribution in [0.4, 0.5) is 0 Å². The summed E-state index contributed by atoms with van der Waals surface area (Å²) in [6.45, 7) is 3.70. The first-order chi connectivity index (χ1) is 8.95. The van der Waals surface area contributed by atoms with Crippen molar-refractivity contribution in [3.05, 3.63) is 34.9 Å². The number of aliphatic hydroxyl groups excluding tert-OH is 1. The van der Waals surface area contributed by atoms with Crippen molar-refractivity contribution in [2.24, 2.45) is 0 Å². The molecule has 5 heteroatoms. The lowest BCUT2D eigenvalue weighted by Crippen LogP contribution is -2.44. The maximum Gasteiger partial charge on any atom is 0.320 e. The molecule has 0 heterocycles. The van der Waals surface area contributed by atoms with Gasteiger partial charge in [-0.3, -0.25) is 10.1 Å². The van der Waals surface area contributed by atoms with Gasteiger partial charge in [-0.25, -0.2) is 0 Å². The molecule has 4 nitrogen and oxygen atoms in total. The molecule has 3 atom stereocenters. The summed E-state index contributed by atoms with van der Waals surface area (Å²) in [6.07, 6.45) is 0.539. The molecular weight excluding hydrogens is 266 g/mol. The van der Waals surface area contributed by atoms with Crippen molar-refractivity contribution in [1.82, 2.24) is 5.32 Å². The van der Waals surface area contributed by atoms with Crippen molar-refractivity contribution in [2.75, 3.05) is 0 Å². The van der Waals surface area contributed by atoms with Crippen LogP contribution >= 0.6 is 11.6 Å². The van der Waals surface area contributed by atoms with Crippen molar-refractivity contribution in [3.8, 4) is 0 Å². The number of halogens is 1. The van der Waals surface area contributed by atoms with Crippen LogP contribution in [-0.4, -0.2) is 28.3 Å². The van der Waals surface area contributed by atoms with Gasteiger partial charge in [0, 0.05) is 11.1 Å². The fourth-order valence-electron chi connectivity index (χ4n) is 1.92. The molecule has 1 aromatic carbocycles. The second-order valence-corrected chi connectivity index (χ2v) is 5.07. The molecule has 0 fully saturated rings. The Bertz CT molecular complexity index is 408. The first kappa shape index (κ1) is 16.0. The molecule has 3 unspecified atom stereocenters. The van der Waals surface area contributed by atoms with Crippen LogP contribution in [-0.2, 0) is 4.79 Å². The lowest BCUT2D eigenvalue weighted by atomic mass is 10.0. The van der Waals surface area contributed by atoms with Gasteiger partial charge in [0.25, 0.3) is 0 Å². The van der Waals surface area contributed by atoms with E-state index in [-0.39, 0.29) is 6.04 Å². The van der Waals surface area contributed by atoms with E-state index in [2.05, 4.69) is 5.32 Å². The number of benzene rings is 1. The van der Waals surface area contributed by atoms with Crippen molar-refractivity contribution in [3.63, 3.8) is 0 Å². The number of nitrogens with one attached hydrogen (secondary N) is 1. The van der Waals surface area contributed by atoms with Gasteiger partial charge in [0.1, 0.15) is 6.04 Å². The van der Waals surface area contributed by atoms with E-state index in [9.17, 15) is 9.90 Å². The number of carbonyl (C=O) groups is 1. The number of aliphatic hydroxyl groups is 1. The van der Waals surface area contributed by atoms with Crippen LogP contribution in [0.15, 0.2) is 24.3 Å². The van der Waals surface area contributed by atoms with Gasteiger partial charge in [-0.1, -0.05) is 37.1 Å². The summed E-state index contributed by atoms with van der Waals surface area (Å²) >= 11 is 5.79. The van der Waals surface area contributed by atoms with Gasteiger partial charge in [-0.2, -0.15) is 0 Å². The number of rotatable bonds is 7. The standard InChI is InChI=1S/C14H20ClNO3/c1-3-4-12(14(18)19)16-9(2)13(17)10-5-7-11(15)8-6-10/h5-9,12-13,16-17H,3-4H2,1-2H3,(H,18,19). The fraction of sp³-hybridized carbons (Fsp3) is 0.500. The molecule has 0 aromatic heterocycles. The zero-order chi connectivity index (χ0) is 14.4. The van der Waals surface area contributed by atoms with Crippen LogP contribution in [0.5, 0.6) is 0 Å². The Kier molecular flexibility index (Phi) is 6.28. The number of hydrogen-bond acceptors (Lipinski definition) is 3. The molecular formula is C14H20ClNO3. The molecule has 0 amide bonds. The van der Waals surface area contributed by atoms with Gasteiger partial charge in [-0.15, -0.1) is 0 Å². The van der Waals surface area contributed by atoms with E-state index < -0.39 is 18.1 Å². The molecule has 0 spiro atoms. The highest BCUT2D eigenvalue weighted by Crippen LogP contribution is 2.19. The van der Waals surface area contributed by atoms with E-state index in [1.807, 2.05) is 6.92 Å². The minimum absolute atomic E-state index is 0.353. The van der Waals surface area contributed by atoms with Gasteiger partial charge in [0.2, 0.25) is 0 Å². The maximum atomic E-state index is 11.1. The normalized spacial score (nSPS) is 15.8. The quantitative estimate of drug-likeness (QED) is 0.720. The highest BCUT2D eigenvalue weighted by Gasteiger charge is 2.23. The summed E-state index contributed by atoms with van der Waals surface area (Å²) in [5.41, 5.74) is 0.713. The molecule has 0 saturated heterocycles. The molecule has 0 saturated carbocycles. The van der Waals surface area contributed by atoms with Crippen molar-refractivity contribution < 1.29 is 15.0 Å². The topological polar surface area (TPSA) is 69.6 Å². The van der Waals surface area contributed by atoms with Gasteiger partial charge >= 0.3 is 5.97 Å². The molecule has 1 aromatic rings. The summed E-state index contributed by atoms with van der Waals surface area (Å²) in [6, 6.07) is 5.89. The lowest BCUT2D eigenvalue weighted by Gasteiger charge is -2.24. The zero-order valence-electron chi connectivity index (χ0n) is 11.1. The summed E-state index contributed by atoms with van der Waals surface area (Å²) in [5, 5.41) is 22.8. The number of aliphatic carboxylic acids is 1. The molecule has 19 heavy (non-hydrogen) atoms. The number of hydrogen-bond donors (Lipinski definition) is 3. The van der Waals surface area contributed by atoms with Gasteiger partial charge in [0.05, 0.1) is 6.10 Å². The number of carboxylic acid groups (broad SMARTS) is 1. The first-order valence-corrected chi connectivity index (χ1v) is 6.75. The van der Waals surface area contributed by atoms with Gasteiger partial charge in [-0.05, 0) is 31.0 Å². The average Bonchev–Trinajstić information content (AvgIpc) is 2.38. The number of carboxylic acids is 1. The summed E-state index contributed by atoms with van der Waals surface area (Å²) in [7, 11) is 0. The Morgan fingerprint density at radius 3 is 2.42 bits per heavy atom. The Labute approximate surface area is 118 Å². The van der Waals surface area contributed by atoms with E-state index in [4.69, 9.17) is 16.7 Å². The monoisotopic (exact) mass is 285 g/mol. The molecule has 0 radical (unpaired) electrons. The van der Waals surface area contributed by atoms with Crippen molar-refractivity contribution in [1.29, 1.82) is 0 Å². The zero-order valence-corrected chi connectivity index (χ0v) is 11.9. The summed E-state index contributed by atoms with van der Waals surface area (Å²) < 4.78 is 0. The van der Waals surface area contributed by atoms with Crippen molar-refractivity contribution >= 4 is 17.6 Å². The minimum Gasteiger partial charge on any atom is -0.480 e. The molecule has 0 aliphatic heterocycles. The van der Waals surface area contributed by atoms with E-state index >= 15 is 0 Å². The van der Waals surface area contributed by atoms with E-state index in [0.717, 1.165) is 6.42 Å². The Balaban J connectivity index is 2.68. The maximum absolute atomic E-state index is 11.1. The second-order valence-electron chi connectivity index (χ2n) is 4.63. The highest BCUT2D eigenvalue weighted by atomic mass is 35.5. The molecule has 1 rings (SSSR count). The van der Waals surface area contributed by atoms with Crippen LogP contribution < -0.4 is 5.32 Å². The Morgan fingerprint density at radius 2 is 1.95 bits per heavy atom. The van der Waals surface area contributed by atoms with Crippen molar-refractivity contribution in [2.45, 2.75) is 44.9 Å². The van der Waals surface area contributed by atoms with E-state index in [0.29, 0.717) is 17.0 Å². The summed E-state index contributed by atoms with van der Waals surface area (Å²) in [4.78, 5) is 11.1. The lowest BCUT2D eigenvalue weighted by molar-refractivity contribution is -0.140. The predicted molar refractivity (Wildman–Crippen MR) is 75.3 cm³/mol. The third-order valence-corrected chi connectivity index (χ3v) is 3.28. The van der Waals surface area contributed by atoms with Crippen LogP contribution in [0.25, 0.3) is 0 Å². The Hall–Kier alpha value is -1.10.